The third-order valence-corrected chi connectivity index (χ3v) is 6.28. The smallest absolute Gasteiger partial charge is 0.354 e. The van der Waals surface area contributed by atoms with Gasteiger partial charge in [-0.3, -0.25) is 9.80 Å². The van der Waals surface area contributed by atoms with Crippen molar-refractivity contribution in [2.45, 2.75) is 28.6 Å². The standard InChI is InChI=1S/C21H19N5O3S2/c1-2-29-20(28)16-12-17(26(25-16)14-8-4-3-5-9-14)19(27)23-15-10-6-7-11-18(15)31-21-24-22-13-30-21/h3-11,13,17H,2,12H2,1H3,(H,23,27). The lowest BCUT2D eigenvalue weighted by Gasteiger charge is -2.23. The van der Waals surface area contributed by atoms with Gasteiger partial charge in [0.15, 0.2) is 4.34 Å². The van der Waals surface area contributed by atoms with Gasteiger partial charge in [-0.1, -0.05) is 53.4 Å². The second kappa shape index (κ2) is 9.71. The van der Waals surface area contributed by atoms with Gasteiger partial charge in [0.1, 0.15) is 17.3 Å². The number of esters is 1. The van der Waals surface area contributed by atoms with Crippen molar-refractivity contribution >= 4 is 52.1 Å². The van der Waals surface area contributed by atoms with Gasteiger partial charge in [-0.2, -0.15) is 5.10 Å². The largest absolute Gasteiger partial charge is 0.461 e. The third kappa shape index (κ3) is 4.92. The number of benzene rings is 2. The second-order valence-electron chi connectivity index (χ2n) is 6.46. The number of rotatable bonds is 7. The Morgan fingerprint density at radius 1 is 1.19 bits per heavy atom. The summed E-state index contributed by atoms with van der Waals surface area (Å²) in [6.45, 7) is 1.98. The first-order chi connectivity index (χ1) is 15.2. The molecule has 0 aliphatic carbocycles. The fraction of sp³-hybridized carbons (Fsp3) is 0.190. The first-order valence-corrected chi connectivity index (χ1v) is 11.3. The van der Waals surface area contributed by atoms with E-state index in [0.29, 0.717) is 5.69 Å². The van der Waals surface area contributed by atoms with Crippen LogP contribution in [-0.2, 0) is 14.3 Å². The molecule has 1 unspecified atom stereocenters. The zero-order valence-electron chi connectivity index (χ0n) is 16.6. The van der Waals surface area contributed by atoms with E-state index < -0.39 is 12.0 Å². The van der Waals surface area contributed by atoms with E-state index in [-0.39, 0.29) is 24.6 Å². The predicted molar refractivity (Wildman–Crippen MR) is 120 cm³/mol. The lowest BCUT2D eigenvalue weighted by atomic mass is 10.1. The number of aromatic nitrogens is 2. The van der Waals surface area contributed by atoms with E-state index in [1.807, 2.05) is 54.6 Å². The van der Waals surface area contributed by atoms with Gasteiger partial charge in [-0.05, 0) is 31.2 Å². The third-order valence-electron chi connectivity index (χ3n) is 4.43. The van der Waals surface area contributed by atoms with Crippen molar-refractivity contribution in [3.8, 4) is 0 Å². The summed E-state index contributed by atoms with van der Waals surface area (Å²) >= 11 is 2.85. The summed E-state index contributed by atoms with van der Waals surface area (Å²) < 4.78 is 5.87. The lowest BCUT2D eigenvalue weighted by molar-refractivity contribution is -0.135. The maximum absolute atomic E-state index is 13.3. The summed E-state index contributed by atoms with van der Waals surface area (Å²) in [5, 5.41) is 16.9. The number of ether oxygens (including phenoxy) is 1. The molecule has 3 aromatic rings. The van der Waals surface area contributed by atoms with Gasteiger partial charge in [0.25, 0.3) is 0 Å². The number of hydrogen-bond acceptors (Lipinski definition) is 9. The molecule has 31 heavy (non-hydrogen) atoms. The van der Waals surface area contributed by atoms with Crippen LogP contribution in [0.15, 0.2) is 74.4 Å². The van der Waals surface area contributed by atoms with E-state index >= 15 is 0 Å². The van der Waals surface area contributed by atoms with Crippen LogP contribution in [0.3, 0.4) is 0 Å². The highest BCUT2D eigenvalue weighted by atomic mass is 32.2. The SMILES string of the molecule is CCOC(=O)C1=NN(c2ccccc2)C(C(=O)Nc2ccccc2Sc2nncs2)C1. The van der Waals surface area contributed by atoms with E-state index in [9.17, 15) is 9.59 Å². The first kappa shape index (κ1) is 21.0. The van der Waals surface area contributed by atoms with Crippen molar-refractivity contribution in [3.63, 3.8) is 0 Å². The molecule has 8 nitrogen and oxygen atoms in total. The van der Waals surface area contributed by atoms with E-state index in [4.69, 9.17) is 4.74 Å². The fourth-order valence-corrected chi connectivity index (χ4v) is 4.57. The Labute approximate surface area is 187 Å². The molecule has 1 aliphatic heterocycles. The summed E-state index contributed by atoms with van der Waals surface area (Å²) in [7, 11) is 0. The molecule has 1 atom stereocenters. The number of carbonyl (C=O) groups excluding carboxylic acids is 2. The molecule has 0 radical (unpaired) electrons. The molecule has 0 spiro atoms. The van der Waals surface area contributed by atoms with Crippen LogP contribution >= 0.6 is 23.1 Å². The Kier molecular flexibility index (Phi) is 6.58. The lowest BCUT2D eigenvalue weighted by Crippen LogP contribution is -2.39. The minimum atomic E-state index is -0.679. The van der Waals surface area contributed by atoms with Gasteiger partial charge in [-0.15, -0.1) is 10.2 Å². The van der Waals surface area contributed by atoms with Crippen LogP contribution in [0.4, 0.5) is 11.4 Å². The van der Waals surface area contributed by atoms with E-state index in [1.54, 1.807) is 17.4 Å². The molecule has 1 N–H and O–H groups in total. The van der Waals surface area contributed by atoms with Crippen molar-refractivity contribution in [1.82, 2.24) is 10.2 Å². The minimum absolute atomic E-state index is 0.158. The van der Waals surface area contributed by atoms with E-state index in [2.05, 4.69) is 20.6 Å². The Morgan fingerprint density at radius 2 is 1.97 bits per heavy atom. The summed E-state index contributed by atoms with van der Waals surface area (Å²) in [6, 6.07) is 16.1. The highest BCUT2D eigenvalue weighted by Crippen LogP contribution is 2.34. The zero-order chi connectivity index (χ0) is 21.6. The normalized spacial score (nSPS) is 15.5. The van der Waals surface area contributed by atoms with Gasteiger partial charge in [0.05, 0.1) is 18.0 Å². The van der Waals surface area contributed by atoms with Crippen LogP contribution in [0.25, 0.3) is 0 Å². The molecule has 1 amide bonds. The molecule has 158 valence electrons. The molecule has 0 saturated carbocycles. The zero-order valence-corrected chi connectivity index (χ0v) is 18.2. The van der Waals surface area contributed by atoms with Crippen molar-refractivity contribution in [2.75, 3.05) is 16.9 Å². The van der Waals surface area contributed by atoms with Crippen LogP contribution in [0.5, 0.6) is 0 Å². The fourth-order valence-electron chi connectivity index (χ4n) is 3.05. The topological polar surface area (TPSA) is 96.8 Å². The summed E-state index contributed by atoms with van der Waals surface area (Å²) in [6.07, 6.45) is 0.158. The van der Waals surface area contributed by atoms with Crippen LogP contribution < -0.4 is 10.3 Å². The average molecular weight is 454 g/mol. The number of hydrogen-bond donors (Lipinski definition) is 1. The van der Waals surface area contributed by atoms with Crippen LogP contribution in [0, 0.1) is 0 Å². The Morgan fingerprint density at radius 3 is 2.71 bits per heavy atom. The minimum Gasteiger partial charge on any atom is -0.461 e. The van der Waals surface area contributed by atoms with Crippen molar-refractivity contribution in [2.24, 2.45) is 5.10 Å². The highest BCUT2D eigenvalue weighted by molar-refractivity contribution is 8.01. The van der Waals surface area contributed by atoms with Crippen molar-refractivity contribution in [1.29, 1.82) is 0 Å². The number of hydrazone groups is 1. The van der Waals surface area contributed by atoms with Crippen molar-refractivity contribution in [3.05, 3.63) is 60.1 Å². The molecule has 0 bridgehead atoms. The quantitative estimate of drug-likeness (QED) is 0.543. The van der Waals surface area contributed by atoms with E-state index in [0.717, 1.165) is 14.9 Å². The molecule has 2 heterocycles. The van der Waals surface area contributed by atoms with Crippen LogP contribution in [0.2, 0.25) is 0 Å². The maximum Gasteiger partial charge on any atom is 0.354 e. The van der Waals surface area contributed by atoms with Gasteiger partial charge >= 0.3 is 5.97 Å². The van der Waals surface area contributed by atoms with Crippen LogP contribution in [-0.4, -0.2) is 40.4 Å². The average Bonchev–Trinajstić information content (AvgIpc) is 3.46. The molecule has 4 rings (SSSR count). The number of carbonyl (C=O) groups is 2. The van der Waals surface area contributed by atoms with Gasteiger partial charge < -0.3 is 10.1 Å². The number of anilines is 2. The number of nitrogens with zero attached hydrogens (tertiary/aromatic N) is 4. The number of para-hydroxylation sites is 2. The first-order valence-electron chi connectivity index (χ1n) is 9.58. The molecule has 1 aromatic heterocycles. The number of amides is 1. The predicted octanol–water partition coefficient (Wildman–Crippen LogP) is 3.83. The number of nitrogens with one attached hydrogen (secondary N) is 1. The highest BCUT2D eigenvalue weighted by Gasteiger charge is 2.37. The Balaban J connectivity index is 1.57. The molecular formula is C21H19N5O3S2. The molecule has 10 heteroatoms. The van der Waals surface area contributed by atoms with Crippen molar-refractivity contribution < 1.29 is 14.3 Å². The Bertz CT molecular complexity index is 1090. The van der Waals surface area contributed by atoms with Gasteiger partial charge in [0.2, 0.25) is 5.91 Å². The maximum atomic E-state index is 13.3. The van der Waals surface area contributed by atoms with Gasteiger partial charge in [0, 0.05) is 11.3 Å². The molecule has 0 fully saturated rings. The van der Waals surface area contributed by atoms with E-state index in [1.165, 1.54) is 23.1 Å². The molecule has 0 saturated heterocycles. The summed E-state index contributed by atoms with van der Waals surface area (Å²) in [5.74, 6) is -0.775. The molecule has 2 aromatic carbocycles. The second-order valence-corrected chi connectivity index (χ2v) is 8.58. The van der Waals surface area contributed by atoms with Crippen LogP contribution in [0.1, 0.15) is 13.3 Å². The molecule has 1 aliphatic rings. The molecular weight excluding hydrogens is 434 g/mol. The monoisotopic (exact) mass is 453 g/mol. The summed E-state index contributed by atoms with van der Waals surface area (Å²) in [5.41, 5.74) is 3.26. The van der Waals surface area contributed by atoms with Gasteiger partial charge in [-0.25, -0.2) is 4.79 Å². The summed E-state index contributed by atoms with van der Waals surface area (Å²) in [4.78, 5) is 26.4. The Hall–Kier alpha value is -3.24.